The molecule has 1 aromatic carbocycles. The number of rotatable bonds is 4. The van der Waals surface area contributed by atoms with Gasteiger partial charge in [-0.25, -0.2) is 4.98 Å². The molecule has 0 spiro atoms. The summed E-state index contributed by atoms with van der Waals surface area (Å²) in [4.78, 5) is 44.0. The maximum Gasteiger partial charge on any atom is 0.256 e. The number of carbonyl (C=O) groups is 3. The van der Waals surface area contributed by atoms with Crippen molar-refractivity contribution in [2.45, 2.75) is 32.7 Å². The van der Waals surface area contributed by atoms with Gasteiger partial charge in [0, 0.05) is 20.5 Å². The molecule has 24 heavy (non-hydrogen) atoms. The first-order valence-electron chi connectivity index (χ1n) is 7.91. The number of amides is 3. The molecular weight excluding hydrogens is 310 g/mol. The van der Waals surface area contributed by atoms with Crippen molar-refractivity contribution < 1.29 is 18.8 Å². The fraction of sp³-hybridized carbons (Fsp3) is 0.412. The number of oxazole rings is 1. The van der Waals surface area contributed by atoms with Crippen LogP contribution in [-0.2, 0) is 9.59 Å². The quantitative estimate of drug-likeness (QED) is 0.798. The zero-order valence-electron chi connectivity index (χ0n) is 13.9. The molecule has 7 heteroatoms. The van der Waals surface area contributed by atoms with Crippen molar-refractivity contribution in [2.24, 2.45) is 0 Å². The molecule has 1 saturated heterocycles. The number of likely N-dealkylation sites (N-methyl/N-ethyl adjacent to an activating group) is 1. The van der Waals surface area contributed by atoms with Gasteiger partial charge in [-0.3, -0.25) is 19.3 Å². The van der Waals surface area contributed by atoms with E-state index in [4.69, 9.17) is 4.42 Å². The van der Waals surface area contributed by atoms with E-state index in [1.165, 1.54) is 11.9 Å². The Hall–Kier alpha value is -2.70. The number of imide groups is 1. The molecule has 0 radical (unpaired) electrons. The van der Waals surface area contributed by atoms with Crippen molar-refractivity contribution in [3.8, 4) is 0 Å². The van der Waals surface area contributed by atoms with E-state index in [1.54, 1.807) is 25.1 Å². The molecule has 0 aliphatic carbocycles. The predicted molar refractivity (Wildman–Crippen MR) is 86.3 cm³/mol. The van der Waals surface area contributed by atoms with Crippen LogP contribution < -0.4 is 0 Å². The van der Waals surface area contributed by atoms with E-state index in [0.717, 1.165) is 4.90 Å². The lowest BCUT2D eigenvalue weighted by Crippen LogP contribution is -2.45. The third-order valence-electron chi connectivity index (χ3n) is 4.22. The molecule has 2 aromatic rings. The van der Waals surface area contributed by atoms with E-state index in [-0.39, 0.29) is 24.1 Å². The summed E-state index contributed by atoms with van der Waals surface area (Å²) in [7, 11) is 1.45. The Balaban J connectivity index is 2.00. The molecule has 1 fully saturated rings. The van der Waals surface area contributed by atoms with Crippen molar-refractivity contribution in [1.82, 2.24) is 14.8 Å². The molecule has 2 heterocycles. The minimum absolute atomic E-state index is 0.0227. The summed E-state index contributed by atoms with van der Waals surface area (Å²) in [6.07, 6.45) is 0.705. The van der Waals surface area contributed by atoms with Crippen LogP contribution in [0.4, 0.5) is 0 Å². The largest absolute Gasteiger partial charge is 0.441 e. The Morgan fingerprint density at radius 3 is 2.79 bits per heavy atom. The molecule has 3 amide bonds. The molecule has 1 atom stereocenters. The lowest BCUT2D eigenvalue weighted by molar-refractivity contribution is -0.137. The SMILES string of the molecule is CCCN(C(=O)c1cccc2oc(C)nc12)C1CC(=O)N(C)C1=O. The highest BCUT2D eigenvalue weighted by molar-refractivity contribution is 6.10. The van der Waals surface area contributed by atoms with Crippen LogP contribution in [0.5, 0.6) is 0 Å². The lowest BCUT2D eigenvalue weighted by Gasteiger charge is -2.27. The Bertz CT molecular complexity index is 826. The second kappa shape index (κ2) is 6.07. The van der Waals surface area contributed by atoms with Crippen molar-refractivity contribution in [2.75, 3.05) is 13.6 Å². The molecule has 0 bridgehead atoms. The molecule has 0 N–H and O–H groups in total. The molecule has 1 unspecified atom stereocenters. The number of para-hydroxylation sites is 1. The van der Waals surface area contributed by atoms with Gasteiger partial charge in [-0.15, -0.1) is 0 Å². The monoisotopic (exact) mass is 329 g/mol. The highest BCUT2D eigenvalue weighted by Gasteiger charge is 2.42. The molecular formula is C17H19N3O4. The summed E-state index contributed by atoms with van der Waals surface area (Å²) in [5, 5.41) is 0. The van der Waals surface area contributed by atoms with Gasteiger partial charge < -0.3 is 9.32 Å². The molecule has 1 aliphatic rings. The average molecular weight is 329 g/mol. The zero-order chi connectivity index (χ0) is 17.4. The highest BCUT2D eigenvalue weighted by Crippen LogP contribution is 2.24. The number of nitrogens with zero attached hydrogens (tertiary/aromatic N) is 3. The van der Waals surface area contributed by atoms with Gasteiger partial charge in [0.15, 0.2) is 11.5 Å². The molecule has 1 aliphatic heterocycles. The number of benzene rings is 1. The maximum atomic E-state index is 13.1. The summed E-state index contributed by atoms with van der Waals surface area (Å²) in [6, 6.07) is 4.38. The van der Waals surface area contributed by atoms with Crippen LogP contribution in [-0.4, -0.2) is 52.1 Å². The van der Waals surface area contributed by atoms with E-state index in [9.17, 15) is 14.4 Å². The Morgan fingerprint density at radius 1 is 1.42 bits per heavy atom. The second-order valence-corrected chi connectivity index (χ2v) is 5.89. The van der Waals surface area contributed by atoms with E-state index < -0.39 is 6.04 Å². The Labute approximate surface area is 139 Å². The third-order valence-corrected chi connectivity index (χ3v) is 4.22. The van der Waals surface area contributed by atoms with Gasteiger partial charge in [0.2, 0.25) is 5.91 Å². The van der Waals surface area contributed by atoms with Crippen LogP contribution in [0.25, 0.3) is 11.1 Å². The van der Waals surface area contributed by atoms with Crippen LogP contribution in [0.2, 0.25) is 0 Å². The minimum Gasteiger partial charge on any atom is -0.441 e. The molecule has 7 nitrogen and oxygen atoms in total. The summed E-state index contributed by atoms with van der Waals surface area (Å²) < 4.78 is 5.47. The number of aryl methyl sites for hydroxylation is 1. The first-order chi connectivity index (χ1) is 11.4. The van der Waals surface area contributed by atoms with Gasteiger partial charge in [0.25, 0.3) is 11.8 Å². The van der Waals surface area contributed by atoms with Gasteiger partial charge >= 0.3 is 0 Å². The van der Waals surface area contributed by atoms with Crippen molar-refractivity contribution in [3.63, 3.8) is 0 Å². The van der Waals surface area contributed by atoms with E-state index in [0.29, 0.717) is 35.5 Å². The standard InChI is InChI=1S/C17H19N3O4/c1-4-8-20(12-9-14(21)19(3)17(12)23)16(22)11-6-5-7-13-15(11)18-10(2)24-13/h5-7,12H,4,8-9H2,1-3H3. The van der Waals surface area contributed by atoms with Gasteiger partial charge in [-0.05, 0) is 18.6 Å². The topological polar surface area (TPSA) is 83.7 Å². The lowest BCUT2D eigenvalue weighted by atomic mass is 10.1. The van der Waals surface area contributed by atoms with E-state index in [1.807, 2.05) is 6.92 Å². The van der Waals surface area contributed by atoms with Gasteiger partial charge in [0.05, 0.1) is 12.0 Å². The average Bonchev–Trinajstić information content (AvgIpc) is 3.06. The van der Waals surface area contributed by atoms with Crippen molar-refractivity contribution >= 4 is 28.8 Å². The van der Waals surface area contributed by atoms with Gasteiger partial charge in [-0.2, -0.15) is 0 Å². The first-order valence-corrected chi connectivity index (χ1v) is 7.91. The molecule has 0 saturated carbocycles. The number of likely N-dealkylation sites (tertiary alicyclic amines) is 1. The fourth-order valence-electron chi connectivity index (χ4n) is 3.01. The Morgan fingerprint density at radius 2 is 2.17 bits per heavy atom. The Kier molecular flexibility index (Phi) is 4.09. The van der Waals surface area contributed by atoms with Crippen LogP contribution >= 0.6 is 0 Å². The van der Waals surface area contributed by atoms with Crippen molar-refractivity contribution in [1.29, 1.82) is 0 Å². The number of fused-ring (bicyclic) bond motifs is 1. The smallest absolute Gasteiger partial charge is 0.256 e. The highest BCUT2D eigenvalue weighted by atomic mass is 16.3. The van der Waals surface area contributed by atoms with Crippen LogP contribution in [0.3, 0.4) is 0 Å². The summed E-state index contributed by atoms with van der Waals surface area (Å²) >= 11 is 0. The van der Waals surface area contributed by atoms with E-state index in [2.05, 4.69) is 4.98 Å². The number of carbonyl (C=O) groups excluding carboxylic acids is 3. The minimum atomic E-state index is -0.752. The fourth-order valence-corrected chi connectivity index (χ4v) is 3.01. The summed E-state index contributed by atoms with van der Waals surface area (Å²) in [5.74, 6) is -0.448. The van der Waals surface area contributed by atoms with Crippen LogP contribution in [0, 0.1) is 6.92 Å². The van der Waals surface area contributed by atoms with Gasteiger partial charge in [0.1, 0.15) is 11.6 Å². The maximum absolute atomic E-state index is 13.1. The van der Waals surface area contributed by atoms with Gasteiger partial charge in [-0.1, -0.05) is 13.0 Å². The number of hydrogen-bond acceptors (Lipinski definition) is 5. The zero-order valence-corrected chi connectivity index (χ0v) is 13.9. The van der Waals surface area contributed by atoms with Crippen LogP contribution in [0.1, 0.15) is 36.0 Å². The molecule has 126 valence electrons. The third kappa shape index (κ3) is 2.55. The first kappa shape index (κ1) is 16.2. The number of aromatic nitrogens is 1. The van der Waals surface area contributed by atoms with Crippen LogP contribution in [0.15, 0.2) is 22.6 Å². The molecule has 1 aromatic heterocycles. The number of hydrogen-bond donors (Lipinski definition) is 0. The summed E-state index contributed by atoms with van der Waals surface area (Å²) in [6.45, 7) is 4.03. The predicted octanol–water partition coefficient (Wildman–Crippen LogP) is 1.75. The summed E-state index contributed by atoms with van der Waals surface area (Å²) in [5.41, 5.74) is 1.39. The normalized spacial score (nSPS) is 17.8. The van der Waals surface area contributed by atoms with E-state index >= 15 is 0 Å². The second-order valence-electron chi connectivity index (χ2n) is 5.89. The molecule has 3 rings (SSSR count). The van der Waals surface area contributed by atoms with Crippen molar-refractivity contribution in [3.05, 3.63) is 29.7 Å².